The molecule has 40 heavy (non-hydrogen) atoms. The molecule has 4 aromatic rings. The van der Waals surface area contributed by atoms with Crippen LogP contribution >= 0.6 is 11.6 Å². The van der Waals surface area contributed by atoms with Crippen molar-refractivity contribution in [2.24, 2.45) is 0 Å². The molecular weight excluding hydrogens is 524 g/mol. The van der Waals surface area contributed by atoms with E-state index in [1.807, 2.05) is 53.4 Å². The minimum Gasteiger partial charge on any atom is -0.368 e. The molecule has 0 spiro atoms. The Kier molecular flexibility index (Phi) is 8.31. The van der Waals surface area contributed by atoms with Crippen LogP contribution in [0, 0.1) is 0 Å². The normalized spacial score (nSPS) is 13.6. The van der Waals surface area contributed by atoms with Crippen molar-refractivity contribution < 1.29 is 14.4 Å². The monoisotopic (exact) mass is 554 g/mol. The average Bonchev–Trinajstić information content (AvgIpc) is 3.22. The van der Waals surface area contributed by atoms with Crippen LogP contribution < -0.4 is 15.5 Å². The Hall–Kier alpha value is -4.36. The summed E-state index contributed by atoms with van der Waals surface area (Å²) in [5.41, 5.74) is 3.20. The van der Waals surface area contributed by atoms with Crippen LogP contribution in [0.5, 0.6) is 0 Å². The minimum atomic E-state index is -0.322. The van der Waals surface area contributed by atoms with E-state index in [0.717, 1.165) is 35.0 Å². The lowest BCUT2D eigenvalue weighted by atomic mass is 10.0. The smallest absolute Gasteiger partial charge is 0.255 e. The standard InChI is InChI=1S/C32H31ClN4O3/c1-22(38)36-15-6-16-37(18-17-36)30-14-13-25(20-29(30)35-32(40)24-9-5-11-27(33)19-24)31(39)34-21-26-10-4-8-23-7-2-3-12-28(23)26/h2-5,7-14,19-20H,6,15-18,21H2,1H3,(H,34,39)(H,35,40). The SMILES string of the molecule is CC(=O)N1CCCN(c2ccc(C(=O)NCc3cccc4ccccc34)cc2NC(=O)c2cccc(Cl)c2)CC1. The largest absolute Gasteiger partial charge is 0.368 e. The fraction of sp³-hybridized carbons (Fsp3) is 0.219. The maximum atomic E-state index is 13.3. The molecule has 5 rings (SSSR count). The van der Waals surface area contributed by atoms with E-state index in [9.17, 15) is 14.4 Å². The molecular formula is C32H31ClN4O3. The number of anilines is 2. The van der Waals surface area contributed by atoms with Crippen LogP contribution in [0.4, 0.5) is 11.4 Å². The Balaban J connectivity index is 1.40. The molecule has 0 aromatic heterocycles. The molecule has 3 amide bonds. The van der Waals surface area contributed by atoms with Crippen molar-refractivity contribution in [3.05, 3.63) is 107 Å². The zero-order valence-corrected chi connectivity index (χ0v) is 23.1. The zero-order chi connectivity index (χ0) is 28.1. The van der Waals surface area contributed by atoms with Crippen LogP contribution in [-0.4, -0.2) is 48.8 Å². The number of fused-ring (bicyclic) bond motifs is 1. The van der Waals surface area contributed by atoms with Crippen LogP contribution in [-0.2, 0) is 11.3 Å². The third-order valence-corrected chi connectivity index (χ3v) is 7.43. The molecule has 1 aliphatic rings. The number of hydrogen-bond acceptors (Lipinski definition) is 4. The molecule has 0 saturated carbocycles. The summed E-state index contributed by atoms with van der Waals surface area (Å²) < 4.78 is 0. The quantitative estimate of drug-likeness (QED) is 0.319. The maximum absolute atomic E-state index is 13.3. The molecule has 4 aromatic carbocycles. The molecule has 1 heterocycles. The van der Waals surface area contributed by atoms with Gasteiger partial charge >= 0.3 is 0 Å². The van der Waals surface area contributed by atoms with Crippen molar-refractivity contribution in [1.82, 2.24) is 10.2 Å². The van der Waals surface area contributed by atoms with Gasteiger partial charge < -0.3 is 20.4 Å². The topological polar surface area (TPSA) is 81.8 Å². The van der Waals surface area contributed by atoms with Crippen LogP contribution in [0.25, 0.3) is 10.8 Å². The summed E-state index contributed by atoms with van der Waals surface area (Å²) in [6, 6.07) is 26.2. The van der Waals surface area contributed by atoms with Gasteiger partial charge in [0, 0.05) is 55.8 Å². The highest BCUT2D eigenvalue weighted by molar-refractivity contribution is 6.31. The number of amides is 3. The molecule has 0 bridgehead atoms. The van der Waals surface area contributed by atoms with Crippen molar-refractivity contribution in [3.63, 3.8) is 0 Å². The number of hydrogen-bond donors (Lipinski definition) is 2. The highest BCUT2D eigenvalue weighted by Gasteiger charge is 2.21. The van der Waals surface area contributed by atoms with Crippen LogP contribution in [0.15, 0.2) is 84.9 Å². The van der Waals surface area contributed by atoms with Gasteiger partial charge in [-0.15, -0.1) is 0 Å². The zero-order valence-electron chi connectivity index (χ0n) is 22.3. The second-order valence-corrected chi connectivity index (χ2v) is 10.3. The second-order valence-electron chi connectivity index (χ2n) is 9.86. The van der Waals surface area contributed by atoms with Gasteiger partial charge in [-0.05, 0) is 59.2 Å². The molecule has 0 aliphatic carbocycles. The van der Waals surface area contributed by atoms with E-state index in [1.54, 1.807) is 43.3 Å². The van der Waals surface area contributed by atoms with Gasteiger partial charge in [0.2, 0.25) is 5.91 Å². The fourth-order valence-corrected chi connectivity index (χ4v) is 5.27. The third-order valence-electron chi connectivity index (χ3n) is 7.19. The van der Waals surface area contributed by atoms with E-state index in [2.05, 4.69) is 15.5 Å². The minimum absolute atomic E-state index is 0.0505. The van der Waals surface area contributed by atoms with Crippen molar-refractivity contribution in [1.29, 1.82) is 0 Å². The molecule has 0 radical (unpaired) electrons. The number of benzene rings is 4. The van der Waals surface area contributed by atoms with Gasteiger partial charge in [-0.25, -0.2) is 0 Å². The van der Waals surface area contributed by atoms with Gasteiger partial charge in [0.1, 0.15) is 0 Å². The first kappa shape index (κ1) is 27.2. The lowest BCUT2D eigenvalue weighted by Crippen LogP contribution is -2.34. The molecule has 8 heteroatoms. The summed E-state index contributed by atoms with van der Waals surface area (Å²) in [7, 11) is 0. The third kappa shape index (κ3) is 6.26. The van der Waals surface area contributed by atoms with Gasteiger partial charge in [0.05, 0.1) is 11.4 Å². The molecule has 0 atom stereocenters. The summed E-state index contributed by atoms with van der Waals surface area (Å²) in [5, 5.41) is 8.70. The summed E-state index contributed by atoms with van der Waals surface area (Å²) in [6.07, 6.45) is 0.800. The van der Waals surface area contributed by atoms with Crippen LogP contribution in [0.3, 0.4) is 0 Å². The Morgan fingerprint density at radius 3 is 2.40 bits per heavy atom. The maximum Gasteiger partial charge on any atom is 0.255 e. The first-order valence-corrected chi connectivity index (χ1v) is 13.7. The Morgan fingerprint density at radius 1 is 0.800 bits per heavy atom. The van der Waals surface area contributed by atoms with Crippen molar-refractivity contribution in [2.75, 3.05) is 36.4 Å². The number of halogens is 1. The lowest BCUT2D eigenvalue weighted by molar-refractivity contribution is -0.128. The number of nitrogens with one attached hydrogen (secondary N) is 2. The summed E-state index contributed by atoms with van der Waals surface area (Å²) in [4.78, 5) is 42.4. The summed E-state index contributed by atoms with van der Waals surface area (Å²) in [6.45, 7) is 4.56. The first-order valence-electron chi connectivity index (χ1n) is 13.4. The van der Waals surface area contributed by atoms with E-state index < -0.39 is 0 Å². The van der Waals surface area contributed by atoms with Crippen molar-refractivity contribution in [2.45, 2.75) is 19.9 Å². The first-order chi connectivity index (χ1) is 19.4. The Bertz CT molecular complexity index is 1570. The van der Waals surface area contributed by atoms with Gasteiger partial charge in [0.15, 0.2) is 0 Å². The number of rotatable bonds is 6. The van der Waals surface area contributed by atoms with E-state index in [1.165, 1.54) is 0 Å². The van der Waals surface area contributed by atoms with E-state index >= 15 is 0 Å². The number of carbonyl (C=O) groups excluding carboxylic acids is 3. The molecule has 1 aliphatic heterocycles. The lowest BCUT2D eigenvalue weighted by Gasteiger charge is -2.26. The Labute approximate surface area is 238 Å². The van der Waals surface area contributed by atoms with Crippen LogP contribution in [0.2, 0.25) is 5.02 Å². The summed E-state index contributed by atoms with van der Waals surface area (Å²) in [5.74, 6) is -0.511. The van der Waals surface area contributed by atoms with E-state index in [4.69, 9.17) is 11.6 Å². The molecule has 204 valence electrons. The molecule has 7 nitrogen and oxygen atoms in total. The number of nitrogens with zero attached hydrogens (tertiary/aromatic N) is 2. The van der Waals surface area contributed by atoms with Gasteiger partial charge in [-0.2, -0.15) is 0 Å². The van der Waals surface area contributed by atoms with Gasteiger partial charge in [0.25, 0.3) is 11.8 Å². The Morgan fingerprint density at radius 2 is 1.57 bits per heavy atom. The second kappa shape index (κ2) is 12.2. The average molecular weight is 555 g/mol. The molecule has 1 fully saturated rings. The predicted molar refractivity (Wildman–Crippen MR) is 160 cm³/mol. The van der Waals surface area contributed by atoms with Crippen molar-refractivity contribution in [3.8, 4) is 0 Å². The van der Waals surface area contributed by atoms with Crippen LogP contribution in [0.1, 0.15) is 39.6 Å². The van der Waals surface area contributed by atoms with Gasteiger partial charge in [-0.3, -0.25) is 14.4 Å². The number of carbonyl (C=O) groups is 3. The molecule has 1 saturated heterocycles. The van der Waals surface area contributed by atoms with E-state index in [-0.39, 0.29) is 17.7 Å². The van der Waals surface area contributed by atoms with Gasteiger partial charge in [-0.1, -0.05) is 60.1 Å². The molecule has 2 N–H and O–H groups in total. The highest BCUT2D eigenvalue weighted by Crippen LogP contribution is 2.29. The summed E-state index contributed by atoms with van der Waals surface area (Å²) >= 11 is 6.12. The highest BCUT2D eigenvalue weighted by atomic mass is 35.5. The predicted octanol–water partition coefficient (Wildman–Crippen LogP) is 5.73. The van der Waals surface area contributed by atoms with Crippen molar-refractivity contribution >= 4 is 51.5 Å². The fourth-order valence-electron chi connectivity index (χ4n) is 5.07. The van der Waals surface area contributed by atoms with E-state index in [0.29, 0.717) is 48.0 Å². The molecule has 0 unspecified atom stereocenters.